The highest BCUT2D eigenvalue weighted by Gasteiger charge is 2.36. The van der Waals surface area contributed by atoms with E-state index in [1.54, 1.807) is 30.3 Å². The van der Waals surface area contributed by atoms with Crippen LogP contribution in [0.1, 0.15) is 5.69 Å². The number of hydrogen-bond acceptors (Lipinski definition) is 2. The van der Waals surface area contributed by atoms with Gasteiger partial charge < -0.3 is 0 Å². The second-order valence-corrected chi connectivity index (χ2v) is 4.04. The van der Waals surface area contributed by atoms with Gasteiger partial charge in [-0.25, -0.2) is 9.97 Å². The molecular weight excluding hydrogens is 297 g/mol. The minimum absolute atomic E-state index is 0.140. The molecule has 0 saturated heterocycles. The molecular formula is C11H6BrF3N2. The first-order valence-corrected chi connectivity index (χ1v) is 5.42. The van der Waals surface area contributed by atoms with E-state index in [1.807, 2.05) is 0 Å². The largest absolute Gasteiger partial charge is 0.434 e. The summed E-state index contributed by atoms with van der Waals surface area (Å²) in [6.07, 6.45) is -3.58. The Hall–Kier alpha value is -1.43. The monoisotopic (exact) mass is 302 g/mol. The SMILES string of the molecule is FC(F)(F)c1ncnc(-c2ccccc2)c1Br. The molecule has 0 aliphatic heterocycles. The summed E-state index contributed by atoms with van der Waals surface area (Å²) >= 11 is 2.91. The minimum Gasteiger partial charge on any atom is -0.235 e. The molecule has 0 amide bonds. The number of rotatable bonds is 1. The van der Waals surface area contributed by atoms with E-state index in [1.165, 1.54) is 0 Å². The predicted molar refractivity (Wildman–Crippen MR) is 60.2 cm³/mol. The third kappa shape index (κ3) is 2.46. The third-order valence-corrected chi connectivity index (χ3v) is 2.86. The van der Waals surface area contributed by atoms with Crippen LogP contribution in [0.3, 0.4) is 0 Å². The van der Waals surface area contributed by atoms with Gasteiger partial charge in [0, 0.05) is 5.56 Å². The van der Waals surface area contributed by atoms with Crippen molar-refractivity contribution in [2.24, 2.45) is 0 Å². The molecule has 88 valence electrons. The molecule has 2 nitrogen and oxygen atoms in total. The summed E-state index contributed by atoms with van der Waals surface area (Å²) in [6.45, 7) is 0. The molecule has 0 spiro atoms. The highest BCUT2D eigenvalue weighted by atomic mass is 79.9. The van der Waals surface area contributed by atoms with Crippen molar-refractivity contribution in [3.63, 3.8) is 0 Å². The van der Waals surface area contributed by atoms with Crippen LogP contribution in [0.2, 0.25) is 0 Å². The summed E-state index contributed by atoms with van der Waals surface area (Å²) in [5, 5.41) is 0. The molecule has 0 atom stereocenters. The van der Waals surface area contributed by atoms with Crippen molar-refractivity contribution in [3.8, 4) is 11.3 Å². The molecule has 1 aromatic heterocycles. The molecule has 0 aliphatic rings. The van der Waals surface area contributed by atoms with Crippen LogP contribution >= 0.6 is 15.9 Å². The Morgan fingerprint density at radius 1 is 1.00 bits per heavy atom. The van der Waals surface area contributed by atoms with Crippen molar-refractivity contribution in [3.05, 3.63) is 46.8 Å². The second-order valence-electron chi connectivity index (χ2n) is 3.25. The smallest absolute Gasteiger partial charge is 0.235 e. The number of benzene rings is 1. The van der Waals surface area contributed by atoms with E-state index in [-0.39, 0.29) is 10.2 Å². The van der Waals surface area contributed by atoms with Crippen molar-refractivity contribution < 1.29 is 13.2 Å². The molecule has 2 rings (SSSR count). The van der Waals surface area contributed by atoms with E-state index in [0.29, 0.717) is 5.56 Å². The Bertz CT molecular complexity index is 526. The minimum atomic E-state index is -4.49. The molecule has 0 saturated carbocycles. The molecule has 2 aromatic rings. The second kappa shape index (κ2) is 4.44. The predicted octanol–water partition coefficient (Wildman–Crippen LogP) is 3.92. The normalized spacial score (nSPS) is 11.5. The lowest BCUT2D eigenvalue weighted by molar-refractivity contribution is -0.141. The van der Waals surface area contributed by atoms with Gasteiger partial charge in [-0.15, -0.1) is 0 Å². The van der Waals surface area contributed by atoms with Crippen LogP contribution in [0.15, 0.2) is 41.1 Å². The zero-order chi connectivity index (χ0) is 12.5. The van der Waals surface area contributed by atoms with Crippen LogP contribution in [0.25, 0.3) is 11.3 Å². The maximum atomic E-state index is 12.6. The van der Waals surface area contributed by atoms with Crippen LogP contribution in [-0.4, -0.2) is 9.97 Å². The Morgan fingerprint density at radius 2 is 1.65 bits per heavy atom. The molecule has 0 radical (unpaired) electrons. The molecule has 0 N–H and O–H groups in total. The average molecular weight is 303 g/mol. The molecule has 0 fully saturated rings. The van der Waals surface area contributed by atoms with Gasteiger partial charge in [0.1, 0.15) is 6.33 Å². The van der Waals surface area contributed by atoms with Crippen molar-refractivity contribution >= 4 is 15.9 Å². The van der Waals surface area contributed by atoms with Crippen LogP contribution in [0.5, 0.6) is 0 Å². The molecule has 6 heteroatoms. The van der Waals surface area contributed by atoms with Gasteiger partial charge in [0.05, 0.1) is 10.2 Å². The summed E-state index contributed by atoms with van der Waals surface area (Å²) in [4.78, 5) is 7.12. The maximum Gasteiger partial charge on any atom is 0.434 e. The van der Waals surface area contributed by atoms with Gasteiger partial charge in [-0.05, 0) is 15.9 Å². The Labute approximate surface area is 104 Å². The molecule has 1 aromatic carbocycles. The molecule has 0 unspecified atom stereocenters. The highest BCUT2D eigenvalue weighted by molar-refractivity contribution is 9.10. The van der Waals surface area contributed by atoms with Crippen molar-refractivity contribution in [1.29, 1.82) is 0 Å². The van der Waals surface area contributed by atoms with Crippen LogP contribution in [0.4, 0.5) is 13.2 Å². The standard InChI is InChI=1S/C11H6BrF3N2/c12-8-9(7-4-2-1-3-5-7)16-6-17-10(8)11(13,14)15/h1-6H. The number of nitrogens with zero attached hydrogens (tertiary/aromatic N) is 2. The van der Waals surface area contributed by atoms with Gasteiger partial charge in [0.2, 0.25) is 0 Å². The quantitative estimate of drug-likeness (QED) is 0.798. The van der Waals surface area contributed by atoms with E-state index < -0.39 is 11.9 Å². The highest BCUT2D eigenvalue weighted by Crippen LogP contribution is 2.37. The molecule has 1 heterocycles. The summed E-state index contributed by atoms with van der Waals surface area (Å²) in [5.74, 6) is 0. The van der Waals surface area contributed by atoms with Crippen molar-refractivity contribution in [2.45, 2.75) is 6.18 Å². The van der Waals surface area contributed by atoms with Gasteiger partial charge in [0.15, 0.2) is 5.69 Å². The Morgan fingerprint density at radius 3 is 2.24 bits per heavy atom. The molecule has 0 bridgehead atoms. The Kier molecular flexibility index (Phi) is 3.15. The van der Waals surface area contributed by atoms with Gasteiger partial charge in [0.25, 0.3) is 0 Å². The van der Waals surface area contributed by atoms with E-state index in [9.17, 15) is 13.2 Å². The van der Waals surface area contributed by atoms with E-state index in [0.717, 1.165) is 6.33 Å². The lowest BCUT2D eigenvalue weighted by atomic mass is 10.1. The fraction of sp³-hybridized carbons (Fsp3) is 0.0909. The summed E-state index contributed by atoms with van der Waals surface area (Å²) in [5.41, 5.74) is -0.133. The number of hydrogen-bond donors (Lipinski definition) is 0. The van der Waals surface area contributed by atoms with Crippen LogP contribution in [0, 0.1) is 0 Å². The summed E-state index contributed by atoms with van der Waals surface area (Å²) in [6, 6.07) is 8.62. The van der Waals surface area contributed by atoms with Gasteiger partial charge >= 0.3 is 6.18 Å². The summed E-state index contributed by atoms with van der Waals surface area (Å²) < 4.78 is 37.7. The Balaban J connectivity index is 2.58. The topological polar surface area (TPSA) is 25.8 Å². The zero-order valence-corrected chi connectivity index (χ0v) is 9.96. The van der Waals surface area contributed by atoms with Gasteiger partial charge in [-0.2, -0.15) is 13.2 Å². The average Bonchev–Trinajstić information content (AvgIpc) is 2.29. The lowest BCUT2D eigenvalue weighted by Crippen LogP contribution is -2.10. The maximum absolute atomic E-state index is 12.6. The molecule has 0 aliphatic carbocycles. The van der Waals surface area contributed by atoms with E-state index in [2.05, 4.69) is 25.9 Å². The van der Waals surface area contributed by atoms with E-state index in [4.69, 9.17) is 0 Å². The summed E-state index contributed by atoms with van der Waals surface area (Å²) in [7, 11) is 0. The van der Waals surface area contributed by atoms with Crippen molar-refractivity contribution in [1.82, 2.24) is 9.97 Å². The zero-order valence-electron chi connectivity index (χ0n) is 8.37. The lowest BCUT2D eigenvalue weighted by Gasteiger charge is -2.10. The molecule has 17 heavy (non-hydrogen) atoms. The number of halogens is 4. The first kappa shape index (κ1) is 12.0. The third-order valence-electron chi connectivity index (χ3n) is 2.11. The fourth-order valence-electron chi connectivity index (χ4n) is 1.36. The number of alkyl halides is 3. The first-order chi connectivity index (χ1) is 8.00. The van der Waals surface area contributed by atoms with Gasteiger partial charge in [-0.3, -0.25) is 0 Å². The van der Waals surface area contributed by atoms with E-state index >= 15 is 0 Å². The van der Waals surface area contributed by atoms with Crippen molar-refractivity contribution in [2.75, 3.05) is 0 Å². The van der Waals surface area contributed by atoms with Gasteiger partial charge in [-0.1, -0.05) is 30.3 Å². The van der Waals surface area contributed by atoms with Crippen LogP contribution < -0.4 is 0 Å². The number of aromatic nitrogens is 2. The van der Waals surface area contributed by atoms with Crippen LogP contribution in [-0.2, 0) is 6.18 Å². The first-order valence-electron chi connectivity index (χ1n) is 4.63. The fourth-order valence-corrected chi connectivity index (χ4v) is 2.02.